The van der Waals surface area contributed by atoms with Gasteiger partial charge in [0, 0.05) is 6.92 Å². The predicted molar refractivity (Wildman–Crippen MR) is 57.5 cm³/mol. The Hall–Kier alpha value is -1.91. The molecule has 0 fully saturated rings. The summed E-state index contributed by atoms with van der Waals surface area (Å²) in [6, 6.07) is 5.18. The first kappa shape index (κ1) is 10.6. The minimum Gasteiger partial charge on any atom is -0.424 e. The van der Waals surface area contributed by atoms with Crippen LogP contribution >= 0.6 is 0 Å². The summed E-state index contributed by atoms with van der Waals surface area (Å²) in [6.07, 6.45) is 0. The molecule has 0 radical (unpaired) electrons. The Balaban J connectivity index is 2.07. The predicted octanol–water partition coefficient (Wildman–Crippen LogP) is 2.44. The van der Waals surface area contributed by atoms with Gasteiger partial charge in [0.1, 0.15) is 5.82 Å². The van der Waals surface area contributed by atoms with Crippen LogP contribution in [0.5, 0.6) is 0 Å². The van der Waals surface area contributed by atoms with Crippen molar-refractivity contribution in [2.75, 3.05) is 5.32 Å². The molecule has 1 N–H and O–H groups in total. The summed E-state index contributed by atoms with van der Waals surface area (Å²) in [5.74, 6) is 0.693. The van der Waals surface area contributed by atoms with Gasteiger partial charge in [-0.3, -0.25) is 0 Å². The van der Waals surface area contributed by atoms with Gasteiger partial charge in [0.15, 0.2) is 0 Å². The molecule has 0 bridgehead atoms. The van der Waals surface area contributed by atoms with Crippen molar-refractivity contribution in [1.82, 2.24) is 10.2 Å². The molecule has 4 nitrogen and oxygen atoms in total. The van der Waals surface area contributed by atoms with Gasteiger partial charge >= 0.3 is 0 Å². The molecule has 1 aromatic carbocycles. The molecule has 0 saturated heterocycles. The summed E-state index contributed by atoms with van der Waals surface area (Å²) in [5, 5.41) is 10.4. The van der Waals surface area contributed by atoms with Crippen LogP contribution in [0.4, 0.5) is 10.1 Å². The molecule has 0 unspecified atom stereocenters. The van der Waals surface area contributed by atoms with Gasteiger partial charge in [0.2, 0.25) is 11.8 Å². The molecule has 1 heterocycles. The van der Waals surface area contributed by atoms with Crippen LogP contribution < -0.4 is 5.32 Å². The summed E-state index contributed by atoms with van der Waals surface area (Å²) in [5.41, 5.74) is 1.04. The van der Waals surface area contributed by atoms with Crippen LogP contribution in [0.2, 0.25) is 0 Å². The fourth-order valence-electron chi connectivity index (χ4n) is 1.36. The lowest BCUT2D eigenvalue weighted by molar-refractivity contribution is 0.474. The first-order chi connectivity index (χ1) is 7.66. The van der Waals surface area contributed by atoms with Crippen LogP contribution in [-0.2, 0) is 6.54 Å². The summed E-state index contributed by atoms with van der Waals surface area (Å²) < 4.78 is 18.7. The molecule has 0 aliphatic carbocycles. The third-order valence-electron chi connectivity index (χ3n) is 2.19. The second-order valence-corrected chi connectivity index (χ2v) is 3.50. The van der Waals surface area contributed by atoms with E-state index in [0.717, 1.165) is 0 Å². The number of rotatable bonds is 3. The molecule has 5 heteroatoms. The fraction of sp³-hybridized carbons (Fsp3) is 0.273. The maximum Gasteiger partial charge on any atom is 0.235 e. The largest absolute Gasteiger partial charge is 0.424 e. The van der Waals surface area contributed by atoms with Crippen molar-refractivity contribution in [3.8, 4) is 0 Å². The van der Waals surface area contributed by atoms with Gasteiger partial charge in [-0.25, -0.2) is 4.39 Å². The van der Waals surface area contributed by atoms with E-state index in [0.29, 0.717) is 29.6 Å². The number of benzene rings is 1. The zero-order valence-electron chi connectivity index (χ0n) is 9.12. The number of nitrogens with one attached hydrogen (secondary N) is 1. The molecule has 2 aromatic rings. The van der Waals surface area contributed by atoms with E-state index >= 15 is 0 Å². The summed E-state index contributed by atoms with van der Waals surface area (Å²) in [4.78, 5) is 0. The molecule has 2 rings (SSSR count). The molecule has 16 heavy (non-hydrogen) atoms. The lowest BCUT2D eigenvalue weighted by Crippen LogP contribution is -2.02. The molecule has 0 aliphatic heterocycles. The smallest absolute Gasteiger partial charge is 0.235 e. The van der Waals surface area contributed by atoms with Crippen LogP contribution in [0.3, 0.4) is 0 Å². The Morgan fingerprint density at radius 1 is 1.31 bits per heavy atom. The highest BCUT2D eigenvalue weighted by Crippen LogP contribution is 2.17. The van der Waals surface area contributed by atoms with E-state index in [1.807, 2.05) is 0 Å². The molecular weight excluding hydrogens is 209 g/mol. The highest BCUT2D eigenvalue weighted by molar-refractivity contribution is 5.47. The maximum atomic E-state index is 13.6. The van der Waals surface area contributed by atoms with Crippen molar-refractivity contribution < 1.29 is 8.81 Å². The summed E-state index contributed by atoms with van der Waals surface area (Å²) >= 11 is 0. The van der Waals surface area contributed by atoms with Gasteiger partial charge < -0.3 is 9.73 Å². The number of halogens is 1. The van der Waals surface area contributed by atoms with Crippen LogP contribution in [0.15, 0.2) is 22.6 Å². The molecule has 0 atom stereocenters. The van der Waals surface area contributed by atoms with Gasteiger partial charge in [-0.1, -0.05) is 12.1 Å². The van der Waals surface area contributed by atoms with Crippen molar-refractivity contribution in [1.29, 1.82) is 0 Å². The SMILES string of the molecule is Cc1nnc(CNc2cccc(C)c2F)o1. The van der Waals surface area contributed by atoms with Crippen LogP contribution in [0.25, 0.3) is 0 Å². The monoisotopic (exact) mass is 221 g/mol. The third-order valence-corrected chi connectivity index (χ3v) is 2.19. The molecule has 0 amide bonds. The Bertz CT molecular complexity index is 496. The summed E-state index contributed by atoms with van der Waals surface area (Å²) in [7, 11) is 0. The van der Waals surface area contributed by atoms with Gasteiger partial charge in [0.05, 0.1) is 12.2 Å². The van der Waals surface area contributed by atoms with E-state index in [1.165, 1.54) is 0 Å². The zero-order valence-corrected chi connectivity index (χ0v) is 9.12. The molecule has 1 aromatic heterocycles. The first-order valence-electron chi connectivity index (χ1n) is 4.95. The average Bonchev–Trinajstić information content (AvgIpc) is 2.67. The van der Waals surface area contributed by atoms with Crippen molar-refractivity contribution in [3.63, 3.8) is 0 Å². The van der Waals surface area contributed by atoms with Gasteiger partial charge in [0.25, 0.3) is 0 Å². The number of aromatic nitrogens is 2. The van der Waals surface area contributed by atoms with Crippen LogP contribution in [-0.4, -0.2) is 10.2 Å². The number of nitrogens with zero attached hydrogens (tertiary/aromatic N) is 2. The van der Waals surface area contributed by atoms with Gasteiger partial charge in [-0.15, -0.1) is 10.2 Å². The molecule has 0 aliphatic rings. The standard InChI is InChI=1S/C11H12FN3O/c1-7-4-3-5-9(11(7)12)13-6-10-15-14-8(2)16-10/h3-5,13H,6H2,1-2H3. The lowest BCUT2D eigenvalue weighted by atomic mass is 10.2. The minimum absolute atomic E-state index is 0.251. The van der Waals surface area contributed by atoms with Crippen LogP contribution in [0, 0.1) is 19.7 Å². The Morgan fingerprint density at radius 2 is 2.12 bits per heavy atom. The van der Waals surface area contributed by atoms with Gasteiger partial charge in [-0.2, -0.15) is 0 Å². The van der Waals surface area contributed by atoms with Crippen molar-refractivity contribution in [2.45, 2.75) is 20.4 Å². The van der Waals surface area contributed by atoms with E-state index in [1.54, 1.807) is 32.0 Å². The Kier molecular flexibility index (Phi) is 2.85. The van der Waals surface area contributed by atoms with E-state index < -0.39 is 0 Å². The number of hydrogen-bond donors (Lipinski definition) is 1. The van der Waals surface area contributed by atoms with E-state index in [9.17, 15) is 4.39 Å². The quantitative estimate of drug-likeness (QED) is 0.864. The van der Waals surface area contributed by atoms with E-state index in [2.05, 4.69) is 15.5 Å². The second kappa shape index (κ2) is 4.30. The normalized spacial score (nSPS) is 10.4. The third kappa shape index (κ3) is 2.18. The summed E-state index contributed by atoms with van der Waals surface area (Å²) in [6.45, 7) is 3.75. The number of hydrogen-bond acceptors (Lipinski definition) is 4. The second-order valence-electron chi connectivity index (χ2n) is 3.50. The highest BCUT2D eigenvalue weighted by atomic mass is 19.1. The molecule has 0 saturated carbocycles. The van der Waals surface area contributed by atoms with E-state index in [-0.39, 0.29) is 5.82 Å². The Labute approximate surface area is 92.5 Å². The van der Waals surface area contributed by atoms with Crippen molar-refractivity contribution in [3.05, 3.63) is 41.4 Å². The first-order valence-corrected chi connectivity index (χ1v) is 4.95. The van der Waals surface area contributed by atoms with Gasteiger partial charge in [-0.05, 0) is 18.6 Å². The lowest BCUT2D eigenvalue weighted by Gasteiger charge is -2.06. The van der Waals surface area contributed by atoms with Crippen molar-refractivity contribution in [2.24, 2.45) is 0 Å². The molecule has 84 valence electrons. The van der Waals surface area contributed by atoms with Crippen molar-refractivity contribution >= 4 is 5.69 Å². The van der Waals surface area contributed by atoms with Crippen LogP contribution in [0.1, 0.15) is 17.3 Å². The number of anilines is 1. The fourth-order valence-corrected chi connectivity index (χ4v) is 1.36. The van der Waals surface area contributed by atoms with E-state index in [4.69, 9.17) is 4.42 Å². The zero-order chi connectivity index (χ0) is 11.5. The average molecular weight is 221 g/mol. The topological polar surface area (TPSA) is 51.0 Å². The minimum atomic E-state index is -0.251. The molecular formula is C11H12FN3O. The Morgan fingerprint density at radius 3 is 2.81 bits per heavy atom. The molecule has 0 spiro atoms. The highest BCUT2D eigenvalue weighted by Gasteiger charge is 2.06. The maximum absolute atomic E-state index is 13.6. The number of aryl methyl sites for hydroxylation is 2.